The molecule has 0 aliphatic carbocycles. The van der Waals surface area contributed by atoms with Crippen molar-refractivity contribution in [1.29, 1.82) is 0 Å². The highest BCUT2D eigenvalue weighted by Gasteiger charge is 2.11. The molecule has 0 spiro atoms. The second kappa shape index (κ2) is 6.01. The number of rotatable bonds is 3. The van der Waals surface area contributed by atoms with Crippen molar-refractivity contribution < 1.29 is 9.53 Å². The summed E-state index contributed by atoms with van der Waals surface area (Å²) in [5.74, 6) is 0.435. The van der Waals surface area contributed by atoms with E-state index in [2.05, 4.69) is 15.9 Å². The Morgan fingerprint density at radius 1 is 1.13 bits per heavy atom. The maximum Gasteiger partial charge on any atom is 0.263 e. The molecule has 0 unspecified atom stereocenters. The first kappa shape index (κ1) is 15.5. The summed E-state index contributed by atoms with van der Waals surface area (Å²) in [6.07, 6.45) is 2.46. The average molecular weight is 372 g/mol. The maximum atomic E-state index is 12.8. The molecule has 3 rings (SSSR count). The van der Waals surface area contributed by atoms with Crippen LogP contribution in [0.5, 0.6) is 5.75 Å². The Labute approximate surface area is 141 Å². The van der Waals surface area contributed by atoms with E-state index in [4.69, 9.17) is 4.74 Å². The minimum absolute atomic E-state index is 0.121. The number of aryl methyl sites for hydroxylation is 1. The SMILES string of the molecule is COc1cc(-n2cc(Br)c3cc(C)ccc3c2=O)ccc1C=O. The summed E-state index contributed by atoms with van der Waals surface area (Å²) in [5, 5.41) is 1.51. The molecular weight excluding hydrogens is 358 g/mol. The molecule has 0 aliphatic rings. The lowest BCUT2D eigenvalue weighted by Gasteiger charge is -2.12. The molecule has 0 bridgehead atoms. The van der Waals surface area contributed by atoms with E-state index in [9.17, 15) is 9.59 Å². The van der Waals surface area contributed by atoms with Gasteiger partial charge in [0, 0.05) is 27.5 Å². The number of benzene rings is 2. The van der Waals surface area contributed by atoms with Gasteiger partial charge in [-0.25, -0.2) is 0 Å². The Morgan fingerprint density at radius 2 is 1.91 bits per heavy atom. The van der Waals surface area contributed by atoms with Gasteiger partial charge in [0.15, 0.2) is 6.29 Å². The number of nitrogens with zero attached hydrogens (tertiary/aromatic N) is 1. The second-order valence-corrected chi connectivity index (χ2v) is 6.10. The number of halogens is 1. The molecule has 1 heterocycles. The van der Waals surface area contributed by atoms with E-state index in [0.717, 1.165) is 21.7 Å². The minimum atomic E-state index is -0.121. The summed E-state index contributed by atoms with van der Waals surface area (Å²) in [7, 11) is 1.49. The summed E-state index contributed by atoms with van der Waals surface area (Å²) in [5.41, 5.74) is 2.05. The highest BCUT2D eigenvalue weighted by Crippen LogP contribution is 2.25. The smallest absolute Gasteiger partial charge is 0.263 e. The first-order valence-corrected chi connectivity index (χ1v) is 7.79. The molecule has 0 amide bonds. The Morgan fingerprint density at radius 3 is 2.61 bits per heavy atom. The van der Waals surface area contributed by atoms with Crippen molar-refractivity contribution in [3.05, 3.63) is 68.5 Å². The zero-order chi connectivity index (χ0) is 16.6. The molecule has 4 nitrogen and oxygen atoms in total. The van der Waals surface area contributed by atoms with E-state index < -0.39 is 0 Å². The van der Waals surface area contributed by atoms with Crippen LogP contribution in [0.3, 0.4) is 0 Å². The van der Waals surface area contributed by atoms with E-state index in [1.165, 1.54) is 7.11 Å². The van der Waals surface area contributed by atoms with Crippen LogP contribution in [-0.4, -0.2) is 18.0 Å². The van der Waals surface area contributed by atoms with Gasteiger partial charge in [-0.3, -0.25) is 14.2 Å². The molecule has 0 atom stereocenters. The Hall–Kier alpha value is -2.40. The third kappa shape index (κ3) is 2.68. The third-order valence-electron chi connectivity index (χ3n) is 3.75. The molecule has 116 valence electrons. The molecule has 2 aromatic carbocycles. The van der Waals surface area contributed by atoms with Crippen molar-refractivity contribution in [2.24, 2.45) is 0 Å². The van der Waals surface area contributed by atoms with Crippen LogP contribution in [0.2, 0.25) is 0 Å². The minimum Gasteiger partial charge on any atom is -0.496 e. The number of methoxy groups -OCH3 is 1. The monoisotopic (exact) mass is 371 g/mol. The van der Waals surface area contributed by atoms with Crippen molar-refractivity contribution in [3.8, 4) is 11.4 Å². The summed E-state index contributed by atoms with van der Waals surface area (Å²) in [6, 6.07) is 10.8. The first-order valence-electron chi connectivity index (χ1n) is 7.00. The molecule has 0 N–H and O–H groups in total. The molecule has 0 radical (unpaired) electrons. The van der Waals surface area contributed by atoms with Gasteiger partial charge in [0.1, 0.15) is 5.75 Å². The number of ether oxygens (including phenoxy) is 1. The molecular formula is C18H14BrNO3. The highest BCUT2D eigenvalue weighted by molar-refractivity contribution is 9.10. The summed E-state index contributed by atoms with van der Waals surface area (Å²) >= 11 is 3.53. The van der Waals surface area contributed by atoms with Crippen molar-refractivity contribution in [2.45, 2.75) is 6.92 Å². The van der Waals surface area contributed by atoms with Crippen LogP contribution < -0.4 is 10.3 Å². The number of pyridine rings is 1. The van der Waals surface area contributed by atoms with Gasteiger partial charge < -0.3 is 4.74 Å². The zero-order valence-electron chi connectivity index (χ0n) is 12.7. The van der Waals surface area contributed by atoms with Gasteiger partial charge in [0.25, 0.3) is 5.56 Å². The largest absolute Gasteiger partial charge is 0.496 e. The van der Waals surface area contributed by atoms with Gasteiger partial charge in [-0.2, -0.15) is 0 Å². The number of hydrogen-bond acceptors (Lipinski definition) is 3. The lowest BCUT2D eigenvalue weighted by Crippen LogP contribution is -2.18. The van der Waals surface area contributed by atoms with E-state index in [1.54, 1.807) is 29.0 Å². The Kier molecular flexibility index (Phi) is 4.05. The summed E-state index contributed by atoms with van der Waals surface area (Å²) in [4.78, 5) is 23.8. The zero-order valence-corrected chi connectivity index (χ0v) is 14.3. The lowest BCUT2D eigenvalue weighted by atomic mass is 10.1. The number of hydrogen-bond donors (Lipinski definition) is 0. The molecule has 0 saturated heterocycles. The van der Waals surface area contributed by atoms with Crippen LogP contribution in [0.15, 0.2) is 51.9 Å². The van der Waals surface area contributed by atoms with Gasteiger partial charge in [-0.15, -0.1) is 0 Å². The standard InChI is InChI=1S/C18H14BrNO3/c1-11-3-6-14-15(7-11)16(19)9-20(18(14)22)13-5-4-12(10-21)17(8-13)23-2/h3-10H,1-2H3. The van der Waals surface area contributed by atoms with Crippen LogP contribution in [0.4, 0.5) is 0 Å². The predicted molar refractivity (Wildman–Crippen MR) is 93.9 cm³/mol. The van der Waals surface area contributed by atoms with Crippen LogP contribution in [-0.2, 0) is 0 Å². The topological polar surface area (TPSA) is 48.3 Å². The molecule has 0 fully saturated rings. The van der Waals surface area contributed by atoms with Crippen molar-refractivity contribution >= 4 is 33.0 Å². The number of aldehydes is 1. The third-order valence-corrected chi connectivity index (χ3v) is 4.38. The normalized spacial score (nSPS) is 10.7. The lowest BCUT2D eigenvalue weighted by molar-refractivity contribution is 0.112. The fourth-order valence-electron chi connectivity index (χ4n) is 2.55. The molecule has 1 aromatic heterocycles. The molecule has 0 aliphatic heterocycles. The number of carbonyl (C=O) groups is 1. The average Bonchev–Trinajstić information content (AvgIpc) is 2.57. The van der Waals surface area contributed by atoms with Gasteiger partial charge >= 0.3 is 0 Å². The summed E-state index contributed by atoms with van der Waals surface area (Å²) < 4.78 is 7.58. The van der Waals surface area contributed by atoms with Gasteiger partial charge in [0.2, 0.25) is 0 Å². The van der Waals surface area contributed by atoms with Crippen LogP contribution in [0, 0.1) is 6.92 Å². The highest BCUT2D eigenvalue weighted by atomic mass is 79.9. The van der Waals surface area contributed by atoms with Crippen molar-refractivity contribution in [1.82, 2.24) is 4.57 Å². The predicted octanol–water partition coefficient (Wildman–Crippen LogP) is 3.88. The number of aromatic nitrogens is 1. The van der Waals surface area contributed by atoms with E-state index in [0.29, 0.717) is 22.4 Å². The van der Waals surface area contributed by atoms with Crippen molar-refractivity contribution in [3.63, 3.8) is 0 Å². The van der Waals surface area contributed by atoms with E-state index in [-0.39, 0.29) is 5.56 Å². The van der Waals surface area contributed by atoms with Gasteiger partial charge in [-0.1, -0.05) is 17.7 Å². The maximum absolute atomic E-state index is 12.8. The van der Waals surface area contributed by atoms with Crippen LogP contribution in [0.25, 0.3) is 16.5 Å². The molecule has 5 heteroatoms. The molecule has 0 saturated carbocycles. The fraction of sp³-hybridized carbons (Fsp3) is 0.111. The fourth-order valence-corrected chi connectivity index (χ4v) is 3.09. The molecule has 23 heavy (non-hydrogen) atoms. The first-order chi connectivity index (χ1) is 11.0. The number of fused-ring (bicyclic) bond motifs is 1. The Bertz CT molecular complexity index is 976. The Balaban J connectivity index is 2.29. The van der Waals surface area contributed by atoms with E-state index in [1.807, 2.05) is 25.1 Å². The summed E-state index contributed by atoms with van der Waals surface area (Å²) in [6.45, 7) is 1.99. The van der Waals surface area contributed by atoms with Crippen LogP contribution in [0.1, 0.15) is 15.9 Å². The van der Waals surface area contributed by atoms with Crippen LogP contribution >= 0.6 is 15.9 Å². The van der Waals surface area contributed by atoms with Gasteiger partial charge in [-0.05, 0) is 41.1 Å². The molecule has 3 aromatic rings. The number of carbonyl (C=O) groups excluding carboxylic acids is 1. The second-order valence-electron chi connectivity index (χ2n) is 5.25. The van der Waals surface area contributed by atoms with E-state index >= 15 is 0 Å². The van der Waals surface area contributed by atoms with Crippen molar-refractivity contribution in [2.75, 3.05) is 7.11 Å². The quantitative estimate of drug-likeness (QED) is 0.656. The van der Waals surface area contributed by atoms with Gasteiger partial charge in [0.05, 0.1) is 18.4 Å².